The number of nitro groups is 1. The summed E-state index contributed by atoms with van der Waals surface area (Å²) in [5.41, 5.74) is 6.27. The second-order valence-electron chi connectivity index (χ2n) is 3.38. The molecule has 0 unspecified atom stereocenters. The van der Waals surface area contributed by atoms with Gasteiger partial charge in [0.2, 0.25) is 0 Å². The van der Waals surface area contributed by atoms with E-state index in [1.165, 1.54) is 12.2 Å². The Labute approximate surface area is 104 Å². The minimum absolute atomic E-state index is 0.00895. The van der Waals surface area contributed by atoms with Crippen LogP contribution < -0.4 is 0 Å². The van der Waals surface area contributed by atoms with Crippen molar-refractivity contribution >= 4 is 11.8 Å². The summed E-state index contributed by atoms with van der Waals surface area (Å²) in [5.74, 6) is 0. The minimum atomic E-state index is -4.67. The van der Waals surface area contributed by atoms with Crippen molar-refractivity contribution in [1.29, 1.82) is 0 Å². The lowest BCUT2D eigenvalue weighted by atomic mass is 10.1. The van der Waals surface area contributed by atoms with Gasteiger partial charge < -0.3 is 0 Å². The first kappa shape index (κ1) is 14.5. The first-order valence-corrected chi connectivity index (χ1v) is 4.88. The van der Waals surface area contributed by atoms with Crippen LogP contribution in [0.25, 0.3) is 16.5 Å². The van der Waals surface area contributed by atoms with Crippen molar-refractivity contribution in [1.82, 2.24) is 0 Å². The Morgan fingerprint density at radius 3 is 2.63 bits per heavy atom. The molecular weight excluding hydrogens is 265 g/mol. The van der Waals surface area contributed by atoms with E-state index in [0.29, 0.717) is 6.07 Å². The lowest BCUT2D eigenvalue weighted by molar-refractivity contribution is -0.385. The number of nitro benzene ring substituents is 1. The van der Waals surface area contributed by atoms with Gasteiger partial charge in [0.05, 0.1) is 10.5 Å². The maximum atomic E-state index is 12.5. The van der Waals surface area contributed by atoms with Crippen LogP contribution in [0, 0.1) is 10.1 Å². The predicted octanol–water partition coefficient (Wildman–Crippen LogP) is 3.94. The standard InChI is InChI=1S/C10H7F3N4O2/c11-10(12,13)8-4-7(2-1-3-15-16-14)5-9(6-8)17(18)19/h1-2,4-6H,3H2. The molecule has 0 atom stereocenters. The zero-order valence-electron chi connectivity index (χ0n) is 9.33. The Hall–Kier alpha value is -2.54. The average Bonchev–Trinajstić information content (AvgIpc) is 2.33. The van der Waals surface area contributed by atoms with Crippen molar-refractivity contribution in [3.05, 3.63) is 56.0 Å². The molecule has 0 fully saturated rings. The Bertz CT molecular complexity index is 562. The van der Waals surface area contributed by atoms with Crippen LogP contribution in [0.1, 0.15) is 11.1 Å². The molecule has 0 bridgehead atoms. The van der Waals surface area contributed by atoms with Crippen molar-refractivity contribution in [2.24, 2.45) is 5.11 Å². The third kappa shape index (κ3) is 4.32. The number of alkyl halides is 3. The fraction of sp³-hybridized carbons (Fsp3) is 0.200. The van der Waals surface area contributed by atoms with Crippen LogP contribution in [0.3, 0.4) is 0 Å². The molecule has 0 aliphatic carbocycles. The molecule has 9 heteroatoms. The second-order valence-corrected chi connectivity index (χ2v) is 3.38. The first-order valence-electron chi connectivity index (χ1n) is 4.88. The first-order chi connectivity index (χ1) is 8.84. The number of nitrogens with zero attached hydrogens (tertiary/aromatic N) is 4. The van der Waals surface area contributed by atoms with Crippen molar-refractivity contribution in [2.45, 2.75) is 6.18 Å². The van der Waals surface area contributed by atoms with Gasteiger partial charge in [-0.2, -0.15) is 13.2 Å². The SMILES string of the molecule is [N-]=[N+]=NCC=Cc1cc([N+](=O)[O-])cc(C(F)(F)F)c1. The largest absolute Gasteiger partial charge is 0.416 e. The molecule has 19 heavy (non-hydrogen) atoms. The molecular formula is C10H7F3N4O2. The third-order valence-corrected chi connectivity index (χ3v) is 2.04. The Balaban J connectivity index is 3.17. The quantitative estimate of drug-likeness (QED) is 0.273. The normalized spacial score (nSPS) is 11.3. The van der Waals surface area contributed by atoms with E-state index in [0.717, 1.165) is 12.1 Å². The van der Waals surface area contributed by atoms with Crippen molar-refractivity contribution in [3.8, 4) is 0 Å². The third-order valence-electron chi connectivity index (χ3n) is 2.04. The molecule has 0 heterocycles. The van der Waals surface area contributed by atoms with Gasteiger partial charge in [-0.15, -0.1) is 0 Å². The summed E-state index contributed by atoms with van der Waals surface area (Å²) in [5, 5.41) is 13.7. The topological polar surface area (TPSA) is 91.9 Å². The highest BCUT2D eigenvalue weighted by atomic mass is 19.4. The van der Waals surface area contributed by atoms with Crippen LogP contribution in [-0.2, 0) is 6.18 Å². The highest BCUT2D eigenvalue weighted by Gasteiger charge is 2.32. The number of azide groups is 1. The molecule has 0 spiro atoms. The highest BCUT2D eigenvalue weighted by molar-refractivity contribution is 5.56. The van der Waals surface area contributed by atoms with E-state index in [9.17, 15) is 23.3 Å². The molecule has 0 radical (unpaired) electrons. The van der Waals surface area contributed by atoms with E-state index in [1.807, 2.05) is 0 Å². The van der Waals surface area contributed by atoms with Gasteiger partial charge in [-0.3, -0.25) is 10.1 Å². The Kier molecular flexibility index (Phi) is 4.49. The van der Waals surface area contributed by atoms with Crippen LogP contribution in [0.15, 0.2) is 29.4 Å². The van der Waals surface area contributed by atoms with Gasteiger partial charge >= 0.3 is 6.18 Å². The maximum absolute atomic E-state index is 12.5. The number of benzene rings is 1. The van der Waals surface area contributed by atoms with Gasteiger partial charge in [0.15, 0.2) is 0 Å². The summed E-state index contributed by atoms with van der Waals surface area (Å²) in [6, 6.07) is 2.24. The molecule has 0 saturated carbocycles. The maximum Gasteiger partial charge on any atom is 0.416 e. The monoisotopic (exact) mass is 272 g/mol. The van der Waals surface area contributed by atoms with E-state index in [4.69, 9.17) is 5.53 Å². The number of rotatable bonds is 4. The second kappa shape index (κ2) is 5.87. The van der Waals surface area contributed by atoms with Crippen LogP contribution in [0.4, 0.5) is 18.9 Å². The van der Waals surface area contributed by atoms with Crippen LogP contribution in [0.2, 0.25) is 0 Å². The van der Waals surface area contributed by atoms with Crippen molar-refractivity contribution in [2.75, 3.05) is 6.54 Å². The van der Waals surface area contributed by atoms with E-state index >= 15 is 0 Å². The van der Waals surface area contributed by atoms with Crippen molar-refractivity contribution in [3.63, 3.8) is 0 Å². The van der Waals surface area contributed by atoms with Gasteiger partial charge in [0, 0.05) is 23.6 Å². The van der Waals surface area contributed by atoms with Gasteiger partial charge in [0.1, 0.15) is 0 Å². The zero-order valence-corrected chi connectivity index (χ0v) is 9.33. The minimum Gasteiger partial charge on any atom is -0.258 e. The lowest BCUT2D eigenvalue weighted by Gasteiger charge is -2.07. The van der Waals surface area contributed by atoms with E-state index in [1.54, 1.807) is 0 Å². The molecule has 0 N–H and O–H groups in total. The van der Waals surface area contributed by atoms with Crippen LogP contribution in [-0.4, -0.2) is 11.5 Å². The molecule has 0 saturated heterocycles. The number of hydrogen-bond acceptors (Lipinski definition) is 3. The smallest absolute Gasteiger partial charge is 0.258 e. The summed E-state index contributed by atoms with van der Waals surface area (Å²) in [7, 11) is 0. The molecule has 0 aliphatic heterocycles. The highest BCUT2D eigenvalue weighted by Crippen LogP contribution is 2.32. The fourth-order valence-electron chi connectivity index (χ4n) is 1.27. The Morgan fingerprint density at radius 2 is 2.11 bits per heavy atom. The van der Waals surface area contributed by atoms with Crippen molar-refractivity contribution < 1.29 is 18.1 Å². The summed E-state index contributed by atoms with van der Waals surface area (Å²) in [4.78, 5) is 12.1. The number of hydrogen-bond donors (Lipinski definition) is 0. The van der Waals surface area contributed by atoms with Gasteiger partial charge in [-0.1, -0.05) is 17.3 Å². The van der Waals surface area contributed by atoms with E-state index in [-0.39, 0.29) is 12.1 Å². The summed E-state index contributed by atoms with van der Waals surface area (Å²) < 4.78 is 37.6. The molecule has 0 aromatic heterocycles. The average molecular weight is 272 g/mol. The zero-order chi connectivity index (χ0) is 14.5. The predicted molar refractivity (Wildman–Crippen MR) is 61.1 cm³/mol. The van der Waals surface area contributed by atoms with Gasteiger partial charge in [-0.25, -0.2) is 0 Å². The Morgan fingerprint density at radius 1 is 1.42 bits per heavy atom. The fourth-order valence-corrected chi connectivity index (χ4v) is 1.27. The van der Waals surface area contributed by atoms with Gasteiger partial charge in [0.25, 0.3) is 5.69 Å². The van der Waals surface area contributed by atoms with E-state index in [2.05, 4.69) is 10.0 Å². The summed E-state index contributed by atoms with van der Waals surface area (Å²) in [6.45, 7) is -0.0550. The molecule has 1 aromatic rings. The molecule has 0 aliphatic rings. The molecule has 6 nitrogen and oxygen atoms in total. The van der Waals surface area contributed by atoms with Gasteiger partial charge in [-0.05, 0) is 17.2 Å². The molecule has 0 amide bonds. The number of halogens is 3. The van der Waals surface area contributed by atoms with E-state index < -0.39 is 22.4 Å². The van der Waals surface area contributed by atoms with Crippen LogP contribution >= 0.6 is 0 Å². The number of non-ortho nitro benzene ring substituents is 1. The lowest BCUT2D eigenvalue weighted by Crippen LogP contribution is -2.06. The molecule has 1 aromatic carbocycles. The summed E-state index contributed by atoms with van der Waals surface area (Å²) in [6.07, 6.45) is -2.14. The summed E-state index contributed by atoms with van der Waals surface area (Å²) >= 11 is 0. The molecule has 1 rings (SSSR count). The van der Waals surface area contributed by atoms with Crippen LogP contribution in [0.5, 0.6) is 0 Å². The molecule has 100 valence electrons.